The van der Waals surface area contributed by atoms with Gasteiger partial charge in [0.2, 0.25) is 5.91 Å². The first-order valence-corrected chi connectivity index (χ1v) is 6.16. The van der Waals surface area contributed by atoms with E-state index < -0.39 is 12.8 Å². The minimum Gasteiger partial charge on any atom is -0.484 e. The van der Waals surface area contributed by atoms with E-state index in [4.69, 9.17) is 0 Å². The van der Waals surface area contributed by atoms with Gasteiger partial charge in [-0.2, -0.15) is 13.2 Å². The highest BCUT2D eigenvalue weighted by Gasteiger charge is 2.28. The average Bonchev–Trinajstić information content (AvgIpc) is 2.41. The standard InChI is InChI=1S/C13H17F3N2O2/c1-2-17-8-12(19)18-7-10-3-5-11(6-4-10)20-9-13(14,15)16/h3-6,17H,2,7-9H2,1H3,(H,18,19). The summed E-state index contributed by atoms with van der Waals surface area (Å²) in [7, 11) is 0. The van der Waals surface area contributed by atoms with Gasteiger partial charge in [-0.1, -0.05) is 19.1 Å². The molecule has 1 amide bonds. The van der Waals surface area contributed by atoms with Crippen molar-refractivity contribution in [2.24, 2.45) is 0 Å². The van der Waals surface area contributed by atoms with Gasteiger partial charge >= 0.3 is 6.18 Å². The van der Waals surface area contributed by atoms with Crippen LogP contribution in [0.25, 0.3) is 0 Å². The van der Waals surface area contributed by atoms with Crippen LogP contribution in [0.2, 0.25) is 0 Å². The third-order valence-corrected chi connectivity index (χ3v) is 2.35. The molecule has 0 fully saturated rings. The molecule has 7 heteroatoms. The van der Waals surface area contributed by atoms with Gasteiger partial charge in [-0.3, -0.25) is 4.79 Å². The molecule has 112 valence electrons. The Balaban J connectivity index is 2.37. The van der Waals surface area contributed by atoms with E-state index in [-0.39, 0.29) is 18.2 Å². The number of ether oxygens (including phenoxy) is 1. The Morgan fingerprint density at radius 2 is 1.90 bits per heavy atom. The highest BCUT2D eigenvalue weighted by molar-refractivity contribution is 5.77. The summed E-state index contributed by atoms with van der Waals surface area (Å²) in [5.41, 5.74) is 0.786. The monoisotopic (exact) mass is 290 g/mol. The number of hydrogen-bond donors (Lipinski definition) is 2. The molecular formula is C13H17F3N2O2. The van der Waals surface area contributed by atoms with E-state index in [9.17, 15) is 18.0 Å². The van der Waals surface area contributed by atoms with Crippen molar-refractivity contribution >= 4 is 5.91 Å². The first kappa shape index (κ1) is 16.3. The summed E-state index contributed by atoms with van der Waals surface area (Å²) < 4.78 is 40.4. The normalized spacial score (nSPS) is 11.2. The number of rotatable bonds is 7. The van der Waals surface area contributed by atoms with Crippen LogP contribution in [0.4, 0.5) is 13.2 Å². The molecule has 0 radical (unpaired) electrons. The number of carbonyl (C=O) groups is 1. The maximum Gasteiger partial charge on any atom is 0.422 e. The van der Waals surface area contributed by atoms with Crippen molar-refractivity contribution in [3.63, 3.8) is 0 Å². The lowest BCUT2D eigenvalue weighted by Crippen LogP contribution is -2.33. The van der Waals surface area contributed by atoms with Gasteiger partial charge < -0.3 is 15.4 Å². The molecule has 0 aromatic heterocycles. The lowest BCUT2D eigenvalue weighted by Gasteiger charge is -2.10. The van der Waals surface area contributed by atoms with E-state index >= 15 is 0 Å². The second kappa shape index (κ2) is 7.74. The van der Waals surface area contributed by atoms with Crippen molar-refractivity contribution in [2.75, 3.05) is 19.7 Å². The molecule has 0 atom stereocenters. The Morgan fingerprint density at radius 3 is 2.45 bits per heavy atom. The third-order valence-electron chi connectivity index (χ3n) is 2.35. The third kappa shape index (κ3) is 6.98. The Hall–Kier alpha value is -1.76. The van der Waals surface area contributed by atoms with Gasteiger partial charge in [0.1, 0.15) is 5.75 Å². The van der Waals surface area contributed by atoms with E-state index in [1.165, 1.54) is 12.1 Å². The molecule has 0 bridgehead atoms. The van der Waals surface area contributed by atoms with Crippen molar-refractivity contribution in [2.45, 2.75) is 19.6 Å². The second-order valence-corrected chi connectivity index (χ2v) is 4.10. The first-order chi connectivity index (χ1) is 9.40. The highest BCUT2D eigenvalue weighted by atomic mass is 19.4. The number of halogens is 3. The minimum absolute atomic E-state index is 0.135. The van der Waals surface area contributed by atoms with Crippen LogP contribution >= 0.6 is 0 Å². The van der Waals surface area contributed by atoms with Crippen LogP contribution in [0.1, 0.15) is 12.5 Å². The van der Waals surface area contributed by atoms with E-state index in [2.05, 4.69) is 15.4 Å². The second-order valence-electron chi connectivity index (χ2n) is 4.10. The molecule has 0 aliphatic heterocycles. The van der Waals surface area contributed by atoms with Crippen LogP contribution < -0.4 is 15.4 Å². The fourth-order valence-electron chi connectivity index (χ4n) is 1.37. The molecule has 1 aromatic rings. The molecule has 0 saturated carbocycles. The summed E-state index contributed by atoms with van der Waals surface area (Å²) in [6.07, 6.45) is -4.35. The SMILES string of the molecule is CCNCC(=O)NCc1ccc(OCC(F)(F)F)cc1. The minimum atomic E-state index is -4.35. The number of alkyl halides is 3. The fraction of sp³-hybridized carbons (Fsp3) is 0.462. The Labute approximate surface area is 115 Å². The molecule has 1 aromatic carbocycles. The molecular weight excluding hydrogens is 273 g/mol. The van der Waals surface area contributed by atoms with E-state index in [1.54, 1.807) is 12.1 Å². The summed E-state index contributed by atoms with van der Waals surface area (Å²) in [6, 6.07) is 6.10. The number of benzene rings is 1. The number of carbonyl (C=O) groups excluding carboxylic acids is 1. The molecule has 0 unspecified atom stereocenters. The van der Waals surface area contributed by atoms with Gasteiger partial charge in [-0.05, 0) is 24.2 Å². The van der Waals surface area contributed by atoms with Gasteiger partial charge in [0, 0.05) is 6.54 Å². The highest BCUT2D eigenvalue weighted by Crippen LogP contribution is 2.18. The maximum atomic E-state index is 12.0. The molecule has 0 aliphatic rings. The quantitative estimate of drug-likeness (QED) is 0.806. The van der Waals surface area contributed by atoms with Crippen LogP contribution in [-0.2, 0) is 11.3 Å². The molecule has 1 rings (SSSR count). The summed E-state index contributed by atoms with van der Waals surface area (Å²) in [5, 5.41) is 5.57. The fourth-order valence-corrected chi connectivity index (χ4v) is 1.37. The van der Waals surface area contributed by atoms with Crippen LogP contribution in [0, 0.1) is 0 Å². The van der Waals surface area contributed by atoms with Gasteiger partial charge in [-0.25, -0.2) is 0 Å². The van der Waals surface area contributed by atoms with Crippen molar-refractivity contribution in [3.05, 3.63) is 29.8 Å². The molecule has 20 heavy (non-hydrogen) atoms. The van der Waals surface area contributed by atoms with Crippen molar-refractivity contribution in [1.29, 1.82) is 0 Å². The van der Waals surface area contributed by atoms with Gasteiger partial charge in [0.25, 0.3) is 0 Å². The van der Waals surface area contributed by atoms with Crippen molar-refractivity contribution < 1.29 is 22.7 Å². The molecule has 0 saturated heterocycles. The Morgan fingerprint density at radius 1 is 1.25 bits per heavy atom. The zero-order chi connectivity index (χ0) is 15.0. The van der Waals surface area contributed by atoms with E-state index in [0.717, 1.165) is 5.56 Å². The van der Waals surface area contributed by atoms with Crippen LogP contribution in [-0.4, -0.2) is 31.8 Å². The first-order valence-electron chi connectivity index (χ1n) is 6.16. The number of nitrogens with one attached hydrogen (secondary N) is 2. The molecule has 0 spiro atoms. The summed E-state index contributed by atoms with van der Waals surface area (Å²) >= 11 is 0. The van der Waals surface area contributed by atoms with E-state index in [1.807, 2.05) is 6.92 Å². The number of hydrogen-bond acceptors (Lipinski definition) is 3. The van der Waals surface area contributed by atoms with Gasteiger partial charge in [-0.15, -0.1) is 0 Å². The molecule has 0 heterocycles. The lowest BCUT2D eigenvalue weighted by atomic mass is 10.2. The maximum absolute atomic E-state index is 12.0. The average molecular weight is 290 g/mol. The van der Waals surface area contributed by atoms with E-state index in [0.29, 0.717) is 13.1 Å². The van der Waals surface area contributed by atoms with Gasteiger partial charge in [0.05, 0.1) is 6.54 Å². The lowest BCUT2D eigenvalue weighted by molar-refractivity contribution is -0.153. The molecule has 2 N–H and O–H groups in total. The summed E-state index contributed by atoms with van der Waals surface area (Å²) in [6.45, 7) is 1.85. The number of likely N-dealkylation sites (N-methyl/N-ethyl adjacent to an activating group) is 1. The van der Waals surface area contributed by atoms with Crippen LogP contribution in [0.15, 0.2) is 24.3 Å². The van der Waals surface area contributed by atoms with Crippen molar-refractivity contribution in [1.82, 2.24) is 10.6 Å². The topological polar surface area (TPSA) is 50.4 Å². The summed E-state index contributed by atoms with van der Waals surface area (Å²) in [4.78, 5) is 11.3. The zero-order valence-electron chi connectivity index (χ0n) is 11.1. The summed E-state index contributed by atoms with van der Waals surface area (Å²) in [5.74, 6) is 0.00861. The molecule has 4 nitrogen and oxygen atoms in total. The zero-order valence-corrected chi connectivity index (χ0v) is 11.1. The van der Waals surface area contributed by atoms with Crippen LogP contribution in [0.5, 0.6) is 5.75 Å². The van der Waals surface area contributed by atoms with Gasteiger partial charge in [0.15, 0.2) is 6.61 Å². The van der Waals surface area contributed by atoms with Crippen molar-refractivity contribution in [3.8, 4) is 5.75 Å². The predicted molar refractivity (Wildman–Crippen MR) is 68.4 cm³/mol. The number of amides is 1. The predicted octanol–water partition coefficient (Wildman–Crippen LogP) is 1.85. The largest absolute Gasteiger partial charge is 0.484 e. The van der Waals surface area contributed by atoms with Crippen LogP contribution in [0.3, 0.4) is 0 Å². The Bertz CT molecular complexity index is 419. The Kier molecular flexibility index (Phi) is 6.30. The molecule has 0 aliphatic carbocycles. The smallest absolute Gasteiger partial charge is 0.422 e.